The summed E-state index contributed by atoms with van der Waals surface area (Å²) in [5, 5.41) is 8.90. The molecule has 0 saturated heterocycles. The van der Waals surface area contributed by atoms with E-state index < -0.39 is 0 Å². The minimum absolute atomic E-state index is 0.0678. The summed E-state index contributed by atoms with van der Waals surface area (Å²) in [5.41, 5.74) is 0. The van der Waals surface area contributed by atoms with Gasteiger partial charge in [0, 0.05) is 0 Å². The first kappa shape index (κ1) is 18.0. The molecule has 1 atom stereocenters. The number of hydrogen-bond donors (Lipinski definition) is 1. The van der Waals surface area contributed by atoms with Gasteiger partial charge in [0.25, 0.3) is 0 Å². The molecular weight excluding hydrogens is 264 g/mol. The van der Waals surface area contributed by atoms with E-state index in [1.54, 1.807) is 0 Å². The Morgan fingerprint density at radius 2 is 1.71 bits per heavy atom. The highest BCUT2D eigenvalue weighted by Gasteiger charge is 2.10. The van der Waals surface area contributed by atoms with Crippen molar-refractivity contribution in [2.45, 2.75) is 58.0 Å². The Morgan fingerprint density at radius 3 is 2.43 bits per heavy atom. The number of benzene rings is 1. The quantitative estimate of drug-likeness (QED) is 0.554. The molecule has 0 aliphatic rings. The number of ether oxygens (including phenoxy) is 2. The third kappa shape index (κ3) is 9.48. The van der Waals surface area contributed by atoms with Gasteiger partial charge in [0.15, 0.2) is 0 Å². The van der Waals surface area contributed by atoms with Gasteiger partial charge in [-0.25, -0.2) is 0 Å². The number of aliphatic hydroxyl groups excluding tert-OH is 1. The fourth-order valence-corrected chi connectivity index (χ4v) is 2.29. The lowest BCUT2D eigenvalue weighted by molar-refractivity contribution is -0.00285. The Kier molecular flexibility index (Phi) is 10.8. The summed E-state index contributed by atoms with van der Waals surface area (Å²) in [6.45, 7) is 3.25. The molecule has 1 aromatic carbocycles. The molecule has 0 fully saturated rings. The Bertz CT molecular complexity index is 326. The summed E-state index contributed by atoms with van der Waals surface area (Å²) < 4.78 is 11.4. The highest BCUT2D eigenvalue weighted by molar-refractivity contribution is 5.20. The molecule has 1 unspecified atom stereocenters. The van der Waals surface area contributed by atoms with Crippen molar-refractivity contribution in [3.63, 3.8) is 0 Å². The van der Waals surface area contributed by atoms with Crippen LogP contribution in [0.1, 0.15) is 51.9 Å². The summed E-state index contributed by atoms with van der Waals surface area (Å²) in [5.74, 6) is 0.873. The zero-order valence-corrected chi connectivity index (χ0v) is 13.3. The summed E-state index contributed by atoms with van der Waals surface area (Å²) >= 11 is 0. The largest absolute Gasteiger partial charge is 0.491 e. The summed E-state index contributed by atoms with van der Waals surface area (Å²) in [7, 11) is 0. The number of para-hydroxylation sites is 1. The zero-order valence-electron chi connectivity index (χ0n) is 13.3. The summed E-state index contributed by atoms with van der Waals surface area (Å²) in [4.78, 5) is 0. The molecule has 3 heteroatoms. The first-order valence-electron chi connectivity index (χ1n) is 8.27. The topological polar surface area (TPSA) is 38.7 Å². The molecule has 1 N–H and O–H groups in total. The van der Waals surface area contributed by atoms with Crippen molar-refractivity contribution < 1.29 is 14.6 Å². The van der Waals surface area contributed by atoms with Crippen LogP contribution >= 0.6 is 0 Å². The van der Waals surface area contributed by atoms with Crippen LogP contribution in [0.5, 0.6) is 5.75 Å². The van der Waals surface area contributed by atoms with Gasteiger partial charge in [0.2, 0.25) is 0 Å². The monoisotopic (exact) mass is 294 g/mol. The first-order chi connectivity index (χ1) is 10.4. The van der Waals surface area contributed by atoms with Crippen molar-refractivity contribution in [3.05, 3.63) is 30.3 Å². The van der Waals surface area contributed by atoms with Crippen molar-refractivity contribution >= 4 is 0 Å². The molecule has 1 aromatic rings. The van der Waals surface area contributed by atoms with E-state index in [2.05, 4.69) is 6.92 Å². The molecule has 0 spiro atoms. The van der Waals surface area contributed by atoms with Crippen LogP contribution in [0.3, 0.4) is 0 Å². The van der Waals surface area contributed by atoms with Gasteiger partial charge in [-0.3, -0.25) is 0 Å². The molecule has 0 heterocycles. The zero-order chi connectivity index (χ0) is 15.2. The third-order valence-corrected chi connectivity index (χ3v) is 3.50. The predicted molar refractivity (Wildman–Crippen MR) is 86.8 cm³/mol. The second-order valence-corrected chi connectivity index (χ2v) is 5.40. The molecule has 0 saturated carbocycles. The number of aliphatic hydroxyl groups is 1. The number of rotatable bonds is 13. The lowest BCUT2D eigenvalue weighted by Crippen LogP contribution is -2.23. The van der Waals surface area contributed by atoms with Crippen molar-refractivity contribution in [1.29, 1.82) is 0 Å². The van der Waals surface area contributed by atoms with Crippen LogP contribution in [0.2, 0.25) is 0 Å². The fraction of sp³-hybridized carbons (Fsp3) is 0.667. The van der Waals surface area contributed by atoms with E-state index >= 15 is 0 Å². The summed E-state index contributed by atoms with van der Waals surface area (Å²) in [6.07, 6.45) is 8.75. The van der Waals surface area contributed by atoms with E-state index in [9.17, 15) is 0 Å². The van der Waals surface area contributed by atoms with Gasteiger partial charge < -0.3 is 14.6 Å². The molecule has 0 aromatic heterocycles. The van der Waals surface area contributed by atoms with Gasteiger partial charge >= 0.3 is 0 Å². The minimum Gasteiger partial charge on any atom is -0.491 e. The van der Waals surface area contributed by atoms with Gasteiger partial charge in [-0.2, -0.15) is 0 Å². The molecule has 21 heavy (non-hydrogen) atoms. The van der Waals surface area contributed by atoms with Gasteiger partial charge in [-0.05, 0) is 18.6 Å². The van der Waals surface area contributed by atoms with Crippen LogP contribution in [0.4, 0.5) is 0 Å². The van der Waals surface area contributed by atoms with Crippen LogP contribution in [-0.2, 0) is 4.74 Å². The number of unbranched alkanes of at least 4 members (excludes halogenated alkanes) is 5. The normalized spacial score (nSPS) is 12.3. The van der Waals surface area contributed by atoms with Crippen LogP contribution in [0, 0.1) is 0 Å². The number of hydrogen-bond acceptors (Lipinski definition) is 3. The van der Waals surface area contributed by atoms with Crippen LogP contribution < -0.4 is 4.74 Å². The standard InChI is InChI=1S/C18H30O3/c1-2-3-4-5-6-8-13-18(20-15-14-19)16-21-17-11-9-7-10-12-17/h7,9-12,18-19H,2-6,8,13-16H2,1H3. The average Bonchev–Trinajstić information content (AvgIpc) is 2.53. The van der Waals surface area contributed by atoms with Crippen molar-refractivity contribution in [3.8, 4) is 5.75 Å². The minimum atomic E-state index is 0.0678. The van der Waals surface area contributed by atoms with E-state index in [4.69, 9.17) is 14.6 Å². The Hall–Kier alpha value is -1.06. The molecule has 0 bridgehead atoms. The van der Waals surface area contributed by atoms with E-state index in [-0.39, 0.29) is 12.7 Å². The fourth-order valence-electron chi connectivity index (χ4n) is 2.29. The first-order valence-corrected chi connectivity index (χ1v) is 8.27. The van der Waals surface area contributed by atoms with Crippen molar-refractivity contribution in [2.75, 3.05) is 19.8 Å². The highest BCUT2D eigenvalue weighted by atomic mass is 16.5. The SMILES string of the molecule is CCCCCCCCC(COc1ccccc1)OCCO. The van der Waals surface area contributed by atoms with Gasteiger partial charge in [0.05, 0.1) is 19.3 Å². The maximum Gasteiger partial charge on any atom is 0.119 e. The molecule has 3 nitrogen and oxygen atoms in total. The molecule has 0 radical (unpaired) electrons. The lowest BCUT2D eigenvalue weighted by Gasteiger charge is -2.18. The van der Waals surface area contributed by atoms with Crippen LogP contribution in [-0.4, -0.2) is 31.0 Å². The van der Waals surface area contributed by atoms with E-state index in [0.29, 0.717) is 13.2 Å². The van der Waals surface area contributed by atoms with Gasteiger partial charge in [-0.15, -0.1) is 0 Å². The Morgan fingerprint density at radius 1 is 1.00 bits per heavy atom. The molecule has 120 valence electrons. The van der Waals surface area contributed by atoms with E-state index in [0.717, 1.165) is 18.6 Å². The molecule has 0 aliphatic carbocycles. The molecule has 1 rings (SSSR count). The molecule has 0 aliphatic heterocycles. The maximum absolute atomic E-state index is 8.90. The predicted octanol–water partition coefficient (Wildman–Crippen LogP) is 4.19. The average molecular weight is 294 g/mol. The lowest BCUT2D eigenvalue weighted by atomic mass is 10.1. The van der Waals surface area contributed by atoms with Gasteiger partial charge in [0.1, 0.15) is 12.4 Å². The molecule has 0 amide bonds. The second-order valence-electron chi connectivity index (χ2n) is 5.40. The van der Waals surface area contributed by atoms with E-state index in [1.165, 1.54) is 32.1 Å². The van der Waals surface area contributed by atoms with Crippen LogP contribution in [0.25, 0.3) is 0 Å². The maximum atomic E-state index is 8.90. The van der Waals surface area contributed by atoms with Crippen molar-refractivity contribution in [1.82, 2.24) is 0 Å². The third-order valence-electron chi connectivity index (χ3n) is 3.50. The summed E-state index contributed by atoms with van der Waals surface area (Å²) in [6, 6.07) is 9.81. The smallest absolute Gasteiger partial charge is 0.119 e. The highest BCUT2D eigenvalue weighted by Crippen LogP contribution is 2.13. The second kappa shape index (κ2) is 12.7. The molecular formula is C18H30O3. The Labute approximate surface area is 129 Å². The van der Waals surface area contributed by atoms with Crippen molar-refractivity contribution in [2.24, 2.45) is 0 Å². The van der Waals surface area contributed by atoms with Gasteiger partial charge in [-0.1, -0.05) is 63.6 Å². The van der Waals surface area contributed by atoms with E-state index in [1.807, 2.05) is 30.3 Å². The Balaban J connectivity index is 2.20. The van der Waals surface area contributed by atoms with Crippen LogP contribution in [0.15, 0.2) is 30.3 Å².